The SMILES string of the molecule is CC(C)(C)c1ccc2c(c1)C(C)(C)c1ccc(-c3ccc(N(c4ccc(-n5c6ccccc6c6ccccc65)cc4)c4cccc5ccccc45)cc3)c3c1N2C=CC3(C)C. The van der Waals surface area contributed by atoms with Crippen LogP contribution >= 0.6 is 0 Å². The number of allylic oxidation sites excluding steroid dienone is 1. The minimum atomic E-state index is -0.165. The van der Waals surface area contributed by atoms with Gasteiger partial charge in [0.2, 0.25) is 0 Å². The number of rotatable bonds is 5. The molecule has 2 aliphatic rings. The van der Waals surface area contributed by atoms with E-state index in [1.54, 1.807) is 0 Å². The molecule has 9 aromatic rings. The lowest BCUT2D eigenvalue weighted by Crippen LogP contribution is -2.36. The maximum atomic E-state index is 2.46. The second-order valence-corrected chi connectivity index (χ2v) is 19.2. The van der Waals surface area contributed by atoms with Crippen molar-refractivity contribution in [2.45, 2.75) is 64.7 Å². The summed E-state index contributed by atoms with van der Waals surface area (Å²) in [5, 5.41) is 4.97. The van der Waals surface area contributed by atoms with Crippen molar-refractivity contribution in [2.75, 3.05) is 9.80 Å². The van der Waals surface area contributed by atoms with Gasteiger partial charge in [-0.25, -0.2) is 0 Å². The Balaban J connectivity index is 1.03. The van der Waals surface area contributed by atoms with Crippen molar-refractivity contribution in [3.63, 3.8) is 0 Å². The number of benzene rings is 8. The van der Waals surface area contributed by atoms with E-state index in [-0.39, 0.29) is 16.2 Å². The zero-order chi connectivity index (χ0) is 41.8. The molecule has 0 bridgehead atoms. The van der Waals surface area contributed by atoms with Crippen molar-refractivity contribution >= 4 is 61.0 Å². The second-order valence-electron chi connectivity index (χ2n) is 19.2. The molecular formula is C58H51N3. The third-order valence-electron chi connectivity index (χ3n) is 13.6. The van der Waals surface area contributed by atoms with Gasteiger partial charge in [-0.15, -0.1) is 0 Å². The largest absolute Gasteiger partial charge is 0.317 e. The van der Waals surface area contributed by atoms with E-state index in [1.165, 1.54) is 77.3 Å². The maximum Gasteiger partial charge on any atom is 0.0543 e. The highest BCUT2D eigenvalue weighted by Crippen LogP contribution is 2.57. The van der Waals surface area contributed by atoms with Gasteiger partial charge in [0.15, 0.2) is 0 Å². The van der Waals surface area contributed by atoms with Gasteiger partial charge in [-0.05, 0) is 105 Å². The monoisotopic (exact) mass is 789 g/mol. The van der Waals surface area contributed by atoms with Crippen LogP contribution in [0.25, 0.3) is 49.4 Å². The second kappa shape index (κ2) is 13.3. The van der Waals surface area contributed by atoms with Crippen molar-refractivity contribution < 1.29 is 0 Å². The van der Waals surface area contributed by atoms with Gasteiger partial charge in [-0.1, -0.05) is 164 Å². The maximum absolute atomic E-state index is 2.46. The van der Waals surface area contributed by atoms with Crippen LogP contribution in [0.1, 0.15) is 70.7 Å². The summed E-state index contributed by atoms with van der Waals surface area (Å²) in [5.41, 5.74) is 17.3. The molecule has 2 aliphatic heterocycles. The van der Waals surface area contributed by atoms with Crippen molar-refractivity contribution in [1.29, 1.82) is 0 Å². The van der Waals surface area contributed by atoms with Gasteiger partial charge in [-0.2, -0.15) is 0 Å². The Hall–Kier alpha value is -6.84. The third kappa shape index (κ3) is 5.71. The summed E-state index contributed by atoms with van der Waals surface area (Å²) in [6.07, 6.45) is 4.71. The highest BCUT2D eigenvalue weighted by molar-refractivity contribution is 6.09. The molecule has 0 atom stereocenters. The lowest BCUT2D eigenvalue weighted by Gasteiger charge is -2.47. The molecule has 0 unspecified atom stereocenters. The van der Waals surface area contributed by atoms with Gasteiger partial charge in [0.1, 0.15) is 0 Å². The minimum Gasteiger partial charge on any atom is -0.317 e. The summed E-state index contributed by atoms with van der Waals surface area (Å²) in [5.74, 6) is 0. The normalized spacial score (nSPS) is 15.0. The van der Waals surface area contributed by atoms with Crippen LogP contribution in [0.3, 0.4) is 0 Å². The highest BCUT2D eigenvalue weighted by atomic mass is 15.2. The Morgan fingerprint density at radius 1 is 0.541 bits per heavy atom. The van der Waals surface area contributed by atoms with Crippen molar-refractivity contribution in [1.82, 2.24) is 4.57 Å². The predicted octanol–water partition coefficient (Wildman–Crippen LogP) is 16.0. The van der Waals surface area contributed by atoms with Gasteiger partial charge in [0.25, 0.3) is 0 Å². The lowest BCUT2D eigenvalue weighted by molar-refractivity contribution is 0.577. The lowest BCUT2D eigenvalue weighted by atomic mass is 9.67. The van der Waals surface area contributed by atoms with Crippen LogP contribution in [0.5, 0.6) is 0 Å². The fourth-order valence-corrected chi connectivity index (χ4v) is 10.3. The summed E-state index contributed by atoms with van der Waals surface area (Å²) >= 11 is 0. The number of hydrogen-bond donors (Lipinski definition) is 0. The molecule has 3 heterocycles. The van der Waals surface area contributed by atoms with Crippen molar-refractivity contribution in [2.24, 2.45) is 0 Å². The zero-order valence-corrected chi connectivity index (χ0v) is 36.2. The Labute approximate surface area is 359 Å². The number of fused-ring (bicyclic) bond motifs is 6. The third-order valence-corrected chi connectivity index (χ3v) is 13.6. The van der Waals surface area contributed by atoms with Crippen LogP contribution in [-0.4, -0.2) is 4.57 Å². The zero-order valence-electron chi connectivity index (χ0n) is 36.2. The van der Waals surface area contributed by atoms with E-state index in [1.807, 2.05) is 0 Å². The molecule has 0 radical (unpaired) electrons. The van der Waals surface area contributed by atoms with Crippen LogP contribution in [-0.2, 0) is 16.2 Å². The molecule has 8 aromatic carbocycles. The molecular weight excluding hydrogens is 739 g/mol. The molecule has 3 nitrogen and oxygen atoms in total. The Bertz CT molecular complexity index is 3170. The van der Waals surface area contributed by atoms with Crippen molar-refractivity contribution in [3.05, 3.63) is 204 Å². The van der Waals surface area contributed by atoms with Crippen LogP contribution in [0, 0.1) is 0 Å². The number of anilines is 5. The molecule has 61 heavy (non-hydrogen) atoms. The first-order chi connectivity index (χ1) is 29.4. The molecule has 0 fully saturated rings. The molecule has 0 saturated carbocycles. The average Bonchev–Trinajstić information content (AvgIpc) is 3.60. The van der Waals surface area contributed by atoms with E-state index in [0.29, 0.717) is 0 Å². The van der Waals surface area contributed by atoms with E-state index in [0.717, 1.165) is 22.7 Å². The summed E-state index contributed by atoms with van der Waals surface area (Å²) in [7, 11) is 0. The predicted molar refractivity (Wildman–Crippen MR) is 260 cm³/mol. The molecule has 1 aromatic heterocycles. The molecule has 0 aliphatic carbocycles. The Kier molecular flexibility index (Phi) is 8.13. The standard InChI is InChI=1S/C58H51N3/c1-56(2,3)40-25-34-53-49(37-40)58(6,7)48-33-32-45(54-55(48)59(53)36-35-57(54,4)5)39-23-26-41(27-24-39)60(50-22-14-16-38-15-8-9-17-44(38)50)42-28-30-43(31-29-42)61-51-20-12-10-18-46(51)47-19-11-13-21-52(47)61/h8-37H,1-7H3. The number of hydrogen-bond acceptors (Lipinski definition) is 2. The quantitative estimate of drug-likeness (QED) is 0.172. The first kappa shape index (κ1) is 37.2. The van der Waals surface area contributed by atoms with Crippen LogP contribution in [0.2, 0.25) is 0 Å². The summed E-state index contributed by atoms with van der Waals surface area (Å²) in [6, 6.07) is 63.0. The molecule has 3 heteroatoms. The Morgan fingerprint density at radius 2 is 1.15 bits per heavy atom. The van der Waals surface area contributed by atoms with Crippen LogP contribution in [0.15, 0.2) is 182 Å². The number of aromatic nitrogens is 1. The first-order valence-corrected chi connectivity index (χ1v) is 21.7. The summed E-state index contributed by atoms with van der Waals surface area (Å²) in [4.78, 5) is 4.88. The van der Waals surface area contributed by atoms with E-state index in [2.05, 4.69) is 245 Å². The molecule has 0 amide bonds. The van der Waals surface area contributed by atoms with E-state index in [4.69, 9.17) is 0 Å². The smallest absolute Gasteiger partial charge is 0.0543 e. The summed E-state index contributed by atoms with van der Waals surface area (Å²) < 4.78 is 2.39. The van der Waals surface area contributed by atoms with Crippen LogP contribution in [0.4, 0.5) is 28.4 Å². The molecule has 298 valence electrons. The van der Waals surface area contributed by atoms with E-state index >= 15 is 0 Å². The fraction of sp³-hybridized carbons (Fsp3) is 0.172. The number of para-hydroxylation sites is 2. The minimum absolute atomic E-state index is 0.0758. The van der Waals surface area contributed by atoms with Crippen LogP contribution < -0.4 is 9.80 Å². The molecule has 0 N–H and O–H groups in total. The topological polar surface area (TPSA) is 11.4 Å². The first-order valence-electron chi connectivity index (χ1n) is 21.7. The van der Waals surface area contributed by atoms with Gasteiger partial charge < -0.3 is 14.4 Å². The van der Waals surface area contributed by atoms with E-state index < -0.39 is 0 Å². The van der Waals surface area contributed by atoms with Gasteiger partial charge in [0.05, 0.1) is 22.4 Å². The fourth-order valence-electron chi connectivity index (χ4n) is 10.3. The van der Waals surface area contributed by atoms with E-state index in [9.17, 15) is 0 Å². The molecule has 11 rings (SSSR count). The van der Waals surface area contributed by atoms with Gasteiger partial charge >= 0.3 is 0 Å². The van der Waals surface area contributed by atoms with Crippen molar-refractivity contribution in [3.8, 4) is 16.8 Å². The molecule has 0 spiro atoms. The number of nitrogens with zero attached hydrogens (tertiary/aromatic N) is 3. The molecule has 0 saturated heterocycles. The Morgan fingerprint density at radius 3 is 1.82 bits per heavy atom. The highest BCUT2D eigenvalue weighted by Gasteiger charge is 2.42. The average molecular weight is 790 g/mol. The van der Waals surface area contributed by atoms with Gasteiger partial charge in [0, 0.05) is 55.9 Å². The summed E-state index contributed by atoms with van der Waals surface area (Å²) in [6.45, 7) is 16.5. The van der Waals surface area contributed by atoms with Gasteiger partial charge in [-0.3, -0.25) is 0 Å².